The summed E-state index contributed by atoms with van der Waals surface area (Å²) in [7, 11) is -6.91. The first-order valence-electron chi connectivity index (χ1n) is 10.8. The van der Waals surface area contributed by atoms with Crippen molar-refractivity contribution in [2.75, 3.05) is 78.3 Å². The van der Waals surface area contributed by atoms with Crippen LogP contribution in [-0.2, 0) is 42.8 Å². The first-order chi connectivity index (χ1) is 15.6. The van der Waals surface area contributed by atoms with Crippen LogP contribution in [0.25, 0.3) is 0 Å². The summed E-state index contributed by atoms with van der Waals surface area (Å²) < 4.78 is 69.4. The average Bonchev–Trinajstić information content (AvgIpc) is 3.01. The van der Waals surface area contributed by atoms with E-state index in [1.807, 2.05) is 7.05 Å². The van der Waals surface area contributed by atoms with Crippen molar-refractivity contribution in [2.24, 2.45) is 0 Å². The first-order valence-corrected chi connectivity index (χ1v) is 16.5. The number of carbonyl (C=O) groups excluding carboxylic acids is 2. The molecule has 0 aromatic rings. The molecule has 12 nitrogen and oxygen atoms in total. The van der Waals surface area contributed by atoms with Crippen LogP contribution in [0.4, 0.5) is 0 Å². The van der Waals surface area contributed by atoms with Gasteiger partial charge in [0.2, 0.25) is 0 Å². The molecule has 0 atom stereocenters. The minimum atomic E-state index is -3.68. The van der Waals surface area contributed by atoms with E-state index in [0.717, 1.165) is 25.5 Å². The summed E-state index contributed by atoms with van der Waals surface area (Å²) >= 11 is 0. The highest BCUT2D eigenvalue weighted by molar-refractivity contribution is 7.86. The van der Waals surface area contributed by atoms with E-state index in [2.05, 4.69) is 4.90 Å². The fraction of sp³-hybridized carbons (Fsp3) is 0.789. The summed E-state index contributed by atoms with van der Waals surface area (Å²) in [6, 6.07) is 0. The van der Waals surface area contributed by atoms with Gasteiger partial charge in [-0.05, 0) is 46.4 Å². The van der Waals surface area contributed by atoms with Gasteiger partial charge >= 0.3 is 0 Å². The number of rotatable bonds is 18. The van der Waals surface area contributed by atoms with E-state index < -0.39 is 27.5 Å². The van der Waals surface area contributed by atoms with Gasteiger partial charge in [-0.1, -0.05) is 0 Å². The molecule has 0 saturated heterocycles. The van der Waals surface area contributed by atoms with Crippen LogP contribution >= 0.6 is 7.29 Å². The number of nitrogens with zero attached hydrogens (tertiary/aromatic N) is 3. The van der Waals surface area contributed by atoms with E-state index >= 15 is 0 Å². The van der Waals surface area contributed by atoms with Gasteiger partial charge in [0.25, 0.3) is 32.1 Å². The van der Waals surface area contributed by atoms with E-state index in [4.69, 9.17) is 8.37 Å². The molecular formula is C19H36N3O9PS2. The molecule has 0 saturated carbocycles. The summed E-state index contributed by atoms with van der Waals surface area (Å²) in [6.45, 7) is 1.76. The van der Waals surface area contributed by atoms with Crippen LogP contribution in [0.5, 0.6) is 0 Å². The van der Waals surface area contributed by atoms with Gasteiger partial charge in [-0.3, -0.25) is 27.5 Å². The first kappa shape index (κ1) is 30.9. The second kappa shape index (κ2) is 13.8. The normalized spacial score (nSPS) is 15.3. The molecule has 1 aliphatic rings. The smallest absolute Gasteiger partial charge is 0.264 e. The van der Waals surface area contributed by atoms with Crippen LogP contribution in [0.1, 0.15) is 19.3 Å². The Morgan fingerprint density at radius 1 is 0.824 bits per heavy atom. The SMILES string of the molecule is CN(CCCCN1C(=O)C=CC1=O)CCCN(C)P(=O)(CCOS(C)(=O)=O)CCOS(C)(=O)=O. The average molecular weight is 546 g/mol. The topological polar surface area (TPSA) is 148 Å². The number of hydrogen-bond donors (Lipinski definition) is 0. The van der Waals surface area contributed by atoms with Gasteiger partial charge in [-0.15, -0.1) is 0 Å². The van der Waals surface area contributed by atoms with E-state index in [1.165, 1.54) is 17.1 Å². The molecule has 0 bridgehead atoms. The predicted molar refractivity (Wildman–Crippen MR) is 129 cm³/mol. The summed E-state index contributed by atoms with van der Waals surface area (Å²) in [4.78, 5) is 26.4. The van der Waals surface area contributed by atoms with Gasteiger partial charge in [-0.2, -0.15) is 16.8 Å². The molecule has 0 spiro atoms. The lowest BCUT2D eigenvalue weighted by Gasteiger charge is -2.29. The highest BCUT2D eigenvalue weighted by atomic mass is 32.2. The van der Waals surface area contributed by atoms with Crippen LogP contribution in [0.3, 0.4) is 0 Å². The third-order valence-electron chi connectivity index (χ3n) is 5.19. The number of amides is 2. The van der Waals surface area contributed by atoms with Gasteiger partial charge < -0.3 is 9.46 Å². The minimum Gasteiger partial charge on any atom is -0.306 e. The van der Waals surface area contributed by atoms with Crippen LogP contribution in [-0.4, -0.2) is 121 Å². The zero-order chi connectivity index (χ0) is 26.0. The summed E-state index contributed by atoms with van der Waals surface area (Å²) in [5.74, 6) is -0.565. The van der Waals surface area contributed by atoms with Gasteiger partial charge in [0.05, 0.1) is 25.7 Å². The molecule has 198 valence electrons. The molecule has 0 aliphatic carbocycles. The van der Waals surface area contributed by atoms with E-state index in [-0.39, 0.29) is 37.4 Å². The molecule has 34 heavy (non-hydrogen) atoms. The van der Waals surface area contributed by atoms with Crippen molar-refractivity contribution >= 4 is 39.3 Å². The van der Waals surface area contributed by atoms with Crippen molar-refractivity contribution in [3.8, 4) is 0 Å². The van der Waals surface area contributed by atoms with E-state index in [0.29, 0.717) is 32.5 Å². The third kappa shape index (κ3) is 12.5. The molecule has 0 unspecified atom stereocenters. The minimum absolute atomic E-state index is 0.0532. The molecule has 0 fully saturated rings. The summed E-state index contributed by atoms with van der Waals surface area (Å²) in [6.07, 6.45) is 6.40. The maximum absolute atomic E-state index is 13.4. The maximum Gasteiger partial charge on any atom is 0.264 e. The van der Waals surface area contributed by atoms with Crippen LogP contribution in [0.15, 0.2) is 12.2 Å². The fourth-order valence-electron chi connectivity index (χ4n) is 3.28. The second-order valence-electron chi connectivity index (χ2n) is 8.25. The molecule has 0 aromatic heterocycles. The molecule has 1 aliphatic heterocycles. The Bertz CT molecular complexity index is 923. The monoisotopic (exact) mass is 545 g/mol. The van der Waals surface area contributed by atoms with Crippen LogP contribution < -0.4 is 0 Å². The molecule has 2 amide bonds. The molecule has 1 heterocycles. The molecule has 0 aromatic carbocycles. The molecular weight excluding hydrogens is 509 g/mol. The van der Waals surface area contributed by atoms with Crippen LogP contribution in [0, 0.1) is 0 Å². The number of imide groups is 1. The Morgan fingerprint density at radius 3 is 1.76 bits per heavy atom. The highest BCUT2D eigenvalue weighted by Crippen LogP contribution is 2.48. The number of unbranched alkanes of at least 4 members (excludes halogenated alkanes) is 1. The molecule has 0 N–H and O–H groups in total. The Hall–Kier alpha value is -1.15. The Labute approximate surface area is 202 Å². The fourth-order valence-corrected chi connectivity index (χ4v) is 6.47. The Morgan fingerprint density at radius 2 is 1.29 bits per heavy atom. The summed E-state index contributed by atoms with van der Waals surface area (Å²) in [5.41, 5.74) is 0. The van der Waals surface area contributed by atoms with Crippen molar-refractivity contribution in [3.63, 3.8) is 0 Å². The Kier molecular flexibility index (Phi) is 12.5. The van der Waals surface area contributed by atoms with Crippen LogP contribution in [0.2, 0.25) is 0 Å². The zero-order valence-corrected chi connectivity index (χ0v) is 22.7. The lowest BCUT2D eigenvalue weighted by atomic mass is 10.2. The highest BCUT2D eigenvalue weighted by Gasteiger charge is 2.28. The lowest BCUT2D eigenvalue weighted by Crippen LogP contribution is -2.31. The van der Waals surface area contributed by atoms with Crippen molar-refractivity contribution in [3.05, 3.63) is 12.2 Å². The molecule has 15 heteroatoms. The van der Waals surface area contributed by atoms with Crippen molar-refractivity contribution < 1.29 is 39.4 Å². The van der Waals surface area contributed by atoms with Gasteiger partial charge in [0.1, 0.15) is 0 Å². The second-order valence-corrected chi connectivity index (χ2v) is 14.8. The van der Waals surface area contributed by atoms with Crippen molar-refractivity contribution in [1.29, 1.82) is 0 Å². The lowest BCUT2D eigenvalue weighted by molar-refractivity contribution is -0.136. The molecule has 0 radical (unpaired) electrons. The number of carbonyl (C=O) groups is 2. The number of hydrogen-bond acceptors (Lipinski definition) is 10. The van der Waals surface area contributed by atoms with Gasteiger partial charge in [0.15, 0.2) is 7.29 Å². The Balaban J connectivity index is 2.44. The zero-order valence-electron chi connectivity index (χ0n) is 20.2. The summed E-state index contributed by atoms with van der Waals surface area (Å²) in [5, 5.41) is 0. The van der Waals surface area contributed by atoms with Gasteiger partial charge in [0, 0.05) is 37.6 Å². The third-order valence-corrected chi connectivity index (χ3v) is 9.59. The standard InChI is InChI=1S/C19H36N3O9PS2/c1-20(10-5-6-13-22-18(23)8-9-19(22)24)11-7-12-21(2)32(25,16-14-30-33(3,26)27)17-15-31-34(4,28)29/h8-9H,5-7,10-17H2,1-4H3. The molecule has 1 rings (SSSR count). The predicted octanol–water partition coefficient (Wildman–Crippen LogP) is 0.176. The van der Waals surface area contributed by atoms with Crippen molar-refractivity contribution in [2.45, 2.75) is 19.3 Å². The van der Waals surface area contributed by atoms with E-state index in [1.54, 1.807) is 11.7 Å². The largest absolute Gasteiger partial charge is 0.306 e. The maximum atomic E-state index is 13.4. The van der Waals surface area contributed by atoms with Gasteiger partial charge in [-0.25, -0.2) is 0 Å². The quantitative estimate of drug-likeness (QED) is 0.100. The van der Waals surface area contributed by atoms with E-state index in [9.17, 15) is 31.0 Å². The van der Waals surface area contributed by atoms with Crippen molar-refractivity contribution in [1.82, 2.24) is 14.5 Å².